The van der Waals surface area contributed by atoms with Gasteiger partial charge in [-0.2, -0.15) is 12.6 Å². The first-order valence-electron chi connectivity index (χ1n) is 5.94. The molecule has 90 valence electrons. The summed E-state index contributed by atoms with van der Waals surface area (Å²) in [5, 5.41) is 0. The van der Waals surface area contributed by atoms with Crippen LogP contribution in [0, 0.1) is 5.92 Å². The third-order valence-electron chi connectivity index (χ3n) is 2.56. The summed E-state index contributed by atoms with van der Waals surface area (Å²) in [7, 11) is 0. The van der Waals surface area contributed by atoms with E-state index >= 15 is 0 Å². The first-order valence-corrected chi connectivity index (χ1v) is 6.57. The maximum atomic E-state index is 11.2. The molecule has 0 saturated carbocycles. The molecule has 0 atom stereocenters. The Labute approximate surface area is 103 Å². The Morgan fingerprint density at radius 3 is 2.62 bits per heavy atom. The van der Waals surface area contributed by atoms with Crippen LogP contribution in [0.3, 0.4) is 0 Å². The molecule has 0 radical (unpaired) electrons. The lowest BCUT2D eigenvalue weighted by Crippen LogP contribution is -2.06. The lowest BCUT2D eigenvalue weighted by molar-refractivity contribution is -0.143. The predicted octanol–water partition coefficient (Wildman–Crippen LogP) is 3.15. The van der Waals surface area contributed by atoms with Gasteiger partial charge in [0.1, 0.15) is 0 Å². The van der Waals surface area contributed by atoms with Crippen molar-refractivity contribution < 1.29 is 9.53 Å². The molecule has 0 N–H and O–H groups in total. The fraction of sp³-hybridized carbons (Fsp3) is 0.615. The third kappa shape index (κ3) is 6.01. The Balaban J connectivity index is 1.92. The Morgan fingerprint density at radius 2 is 1.94 bits per heavy atom. The number of allylic oxidation sites excluding steroid dienone is 4. The van der Waals surface area contributed by atoms with Crippen molar-refractivity contribution in [3.8, 4) is 0 Å². The van der Waals surface area contributed by atoms with E-state index in [4.69, 9.17) is 4.74 Å². The van der Waals surface area contributed by atoms with Gasteiger partial charge >= 0.3 is 5.97 Å². The second kappa shape index (κ2) is 8.45. The molecule has 0 aromatic heterocycles. The summed E-state index contributed by atoms with van der Waals surface area (Å²) in [6, 6.07) is 0. The van der Waals surface area contributed by atoms with Gasteiger partial charge in [0.15, 0.2) is 0 Å². The van der Waals surface area contributed by atoms with Crippen LogP contribution in [0.15, 0.2) is 24.3 Å². The number of carbonyl (C=O) groups excluding carboxylic acids is 1. The van der Waals surface area contributed by atoms with Gasteiger partial charge in [-0.25, -0.2) is 0 Å². The van der Waals surface area contributed by atoms with Crippen LogP contribution in [0.5, 0.6) is 0 Å². The molecule has 0 unspecified atom stereocenters. The van der Waals surface area contributed by atoms with Crippen molar-refractivity contribution in [1.82, 2.24) is 0 Å². The van der Waals surface area contributed by atoms with Crippen LogP contribution in [0.4, 0.5) is 0 Å². The largest absolute Gasteiger partial charge is 0.466 e. The van der Waals surface area contributed by atoms with Crippen LogP contribution < -0.4 is 0 Å². The standard InChI is InChI=1S/C13H20O2S/c14-13(15-10-5-11-16)9-4-3-8-12-6-1-2-7-12/h1-2,6-7,12,16H,3-5,8-11H2. The smallest absolute Gasteiger partial charge is 0.305 e. The average molecular weight is 240 g/mol. The minimum Gasteiger partial charge on any atom is -0.466 e. The zero-order chi connectivity index (χ0) is 11.6. The van der Waals surface area contributed by atoms with E-state index in [2.05, 4.69) is 36.9 Å². The van der Waals surface area contributed by atoms with Crippen molar-refractivity contribution in [2.75, 3.05) is 12.4 Å². The van der Waals surface area contributed by atoms with Crippen molar-refractivity contribution in [2.45, 2.75) is 32.1 Å². The van der Waals surface area contributed by atoms with Crippen LogP contribution in [0.2, 0.25) is 0 Å². The number of rotatable bonds is 8. The lowest BCUT2D eigenvalue weighted by atomic mass is 10.0. The normalized spacial score (nSPS) is 14.6. The molecule has 1 aliphatic rings. The minimum absolute atomic E-state index is 0.0701. The van der Waals surface area contributed by atoms with Gasteiger partial charge in [-0.3, -0.25) is 4.79 Å². The number of hydrogen-bond donors (Lipinski definition) is 1. The van der Waals surface area contributed by atoms with E-state index in [0.717, 1.165) is 31.4 Å². The average Bonchev–Trinajstić information content (AvgIpc) is 2.78. The molecule has 1 rings (SSSR count). The molecular weight excluding hydrogens is 220 g/mol. The van der Waals surface area contributed by atoms with Gasteiger partial charge in [-0.15, -0.1) is 0 Å². The Morgan fingerprint density at radius 1 is 1.19 bits per heavy atom. The summed E-state index contributed by atoms with van der Waals surface area (Å²) in [4.78, 5) is 11.2. The van der Waals surface area contributed by atoms with E-state index < -0.39 is 0 Å². The number of unbranched alkanes of at least 4 members (excludes halogenated alkanes) is 1. The number of hydrogen-bond acceptors (Lipinski definition) is 3. The van der Waals surface area contributed by atoms with Gasteiger partial charge in [0.05, 0.1) is 6.61 Å². The van der Waals surface area contributed by atoms with Crippen molar-refractivity contribution in [2.24, 2.45) is 5.92 Å². The molecular formula is C13H20O2S. The molecule has 0 fully saturated rings. The SMILES string of the molecule is O=C(CCCCC1C=CC=C1)OCCCS. The first-order chi connectivity index (χ1) is 7.83. The number of ether oxygens (including phenoxy) is 1. The molecule has 3 heteroatoms. The van der Waals surface area contributed by atoms with Gasteiger partial charge in [0, 0.05) is 6.42 Å². The molecule has 16 heavy (non-hydrogen) atoms. The highest BCUT2D eigenvalue weighted by Gasteiger charge is 2.05. The number of carbonyl (C=O) groups is 1. The van der Waals surface area contributed by atoms with Crippen LogP contribution in [0.25, 0.3) is 0 Å². The van der Waals surface area contributed by atoms with Gasteiger partial charge < -0.3 is 4.74 Å². The molecule has 0 heterocycles. The predicted molar refractivity (Wildman–Crippen MR) is 69.7 cm³/mol. The quantitative estimate of drug-likeness (QED) is 0.401. The van der Waals surface area contributed by atoms with Crippen LogP contribution in [0.1, 0.15) is 32.1 Å². The number of thiol groups is 1. The molecule has 2 nitrogen and oxygen atoms in total. The van der Waals surface area contributed by atoms with Crippen molar-refractivity contribution >= 4 is 18.6 Å². The minimum atomic E-state index is -0.0701. The highest BCUT2D eigenvalue weighted by atomic mass is 32.1. The van der Waals surface area contributed by atoms with E-state index in [-0.39, 0.29) is 5.97 Å². The second-order valence-electron chi connectivity index (χ2n) is 3.98. The second-order valence-corrected chi connectivity index (χ2v) is 4.42. The van der Waals surface area contributed by atoms with E-state index in [1.807, 2.05) is 0 Å². The van der Waals surface area contributed by atoms with E-state index in [9.17, 15) is 4.79 Å². The molecule has 0 aromatic carbocycles. The van der Waals surface area contributed by atoms with Crippen molar-refractivity contribution in [3.63, 3.8) is 0 Å². The lowest BCUT2D eigenvalue weighted by Gasteiger charge is -2.05. The highest BCUT2D eigenvalue weighted by molar-refractivity contribution is 7.80. The summed E-state index contributed by atoms with van der Waals surface area (Å²) in [6.45, 7) is 0.510. The highest BCUT2D eigenvalue weighted by Crippen LogP contribution is 2.16. The van der Waals surface area contributed by atoms with Crippen LogP contribution in [-0.2, 0) is 9.53 Å². The Bertz CT molecular complexity index is 247. The van der Waals surface area contributed by atoms with Gasteiger partial charge in [-0.05, 0) is 30.9 Å². The first kappa shape index (κ1) is 13.4. The molecule has 0 bridgehead atoms. The summed E-state index contributed by atoms with van der Waals surface area (Å²) >= 11 is 4.05. The molecule has 1 aliphatic carbocycles. The summed E-state index contributed by atoms with van der Waals surface area (Å²) < 4.78 is 5.04. The van der Waals surface area contributed by atoms with Gasteiger partial charge in [0.2, 0.25) is 0 Å². The molecule has 0 aliphatic heterocycles. The van der Waals surface area contributed by atoms with Gasteiger partial charge in [0.25, 0.3) is 0 Å². The summed E-state index contributed by atoms with van der Waals surface area (Å²) in [6.07, 6.45) is 13.1. The maximum absolute atomic E-state index is 11.2. The Hall–Kier alpha value is -0.700. The fourth-order valence-electron chi connectivity index (χ4n) is 1.64. The summed E-state index contributed by atoms with van der Waals surface area (Å²) in [5.41, 5.74) is 0. The van der Waals surface area contributed by atoms with E-state index in [0.29, 0.717) is 18.9 Å². The van der Waals surface area contributed by atoms with Crippen LogP contribution >= 0.6 is 12.6 Å². The van der Waals surface area contributed by atoms with E-state index in [1.165, 1.54) is 0 Å². The zero-order valence-electron chi connectivity index (χ0n) is 9.60. The van der Waals surface area contributed by atoms with Crippen LogP contribution in [-0.4, -0.2) is 18.3 Å². The molecule has 0 amide bonds. The van der Waals surface area contributed by atoms with E-state index in [1.54, 1.807) is 0 Å². The molecule has 0 aromatic rings. The summed E-state index contributed by atoms with van der Waals surface area (Å²) in [5.74, 6) is 1.28. The topological polar surface area (TPSA) is 26.3 Å². The maximum Gasteiger partial charge on any atom is 0.305 e. The van der Waals surface area contributed by atoms with Crippen molar-refractivity contribution in [3.05, 3.63) is 24.3 Å². The number of esters is 1. The van der Waals surface area contributed by atoms with Gasteiger partial charge in [-0.1, -0.05) is 30.7 Å². The van der Waals surface area contributed by atoms with Crippen molar-refractivity contribution in [1.29, 1.82) is 0 Å². The molecule has 0 saturated heterocycles. The third-order valence-corrected chi connectivity index (χ3v) is 2.88. The Kier molecular flexibility index (Phi) is 7.06. The molecule has 0 spiro atoms. The monoisotopic (exact) mass is 240 g/mol. The fourth-order valence-corrected chi connectivity index (χ4v) is 1.77. The zero-order valence-corrected chi connectivity index (χ0v) is 10.5.